The van der Waals surface area contributed by atoms with Gasteiger partial charge in [0.25, 0.3) is 0 Å². The van der Waals surface area contributed by atoms with Gasteiger partial charge in [0.15, 0.2) is 0 Å². The van der Waals surface area contributed by atoms with Gasteiger partial charge in [0.2, 0.25) is 0 Å². The van der Waals surface area contributed by atoms with Gasteiger partial charge in [0.05, 0.1) is 12.6 Å². The lowest BCUT2D eigenvalue weighted by atomic mass is 10.1. The van der Waals surface area contributed by atoms with E-state index in [1.165, 1.54) is 5.56 Å². The number of thiazole rings is 1. The largest absolute Gasteiger partial charge is 0.494 e. The fraction of sp³-hybridized carbons (Fsp3) is 0.400. The van der Waals surface area contributed by atoms with Crippen molar-refractivity contribution >= 4 is 11.3 Å². The molecule has 0 bridgehead atoms. The van der Waals surface area contributed by atoms with Gasteiger partial charge in [-0.3, -0.25) is 0 Å². The molecule has 0 amide bonds. The Morgan fingerprint density at radius 2 is 1.95 bits per heavy atom. The molecule has 4 heteroatoms. The van der Waals surface area contributed by atoms with Gasteiger partial charge < -0.3 is 10.1 Å². The predicted molar refractivity (Wildman–Crippen MR) is 79.7 cm³/mol. The third-order valence-electron chi connectivity index (χ3n) is 3.01. The lowest BCUT2D eigenvalue weighted by Crippen LogP contribution is -2.22. The summed E-state index contributed by atoms with van der Waals surface area (Å²) in [6, 6.07) is 8.81. The van der Waals surface area contributed by atoms with E-state index < -0.39 is 0 Å². The second kappa shape index (κ2) is 6.68. The van der Waals surface area contributed by atoms with Gasteiger partial charge in [-0.25, -0.2) is 4.98 Å². The molecule has 0 saturated heterocycles. The van der Waals surface area contributed by atoms with Crippen LogP contribution in [0.4, 0.5) is 0 Å². The minimum Gasteiger partial charge on any atom is -0.494 e. The van der Waals surface area contributed by atoms with Gasteiger partial charge in [-0.05, 0) is 38.5 Å². The first kappa shape index (κ1) is 14.0. The monoisotopic (exact) mass is 276 g/mol. The molecule has 0 fully saturated rings. The average molecular weight is 276 g/mol. The molecule has 1 aromatic carbocycles. The normalized spacial score (nSPS) is 14.1. The van der Waals surface area contributed by atoms with Crippen molar-refractivity contribution in [1.82, 2.24) is 10.3 Å². The molecule has 1 aromatic heterocycles. The smallest absolute Gasteiger partial charge is 0.119 e. The predicted octanol–water partition coefficient (Wildman–Crippen LogP) is 3.95. The van der Waals surface area contributed by atoms with E-state index in [1.54, 1.807) is 11.3 Å². The Morgan fingerprint density at radius 1 is 1.21 bits per heavy atom. The van der Waals surface area contributed by atoms with Crippen LogP contribution in [-0.4, -0.2) is 11.6 Å². The zero-order valence-electron chi connectivity index (χ0n) is 11.6. The first-order chi connectivity index (χ1) is 9.20. The summed E-state index contributed by atoms with van der Waals surface area (Å²) in [7, 11) is 0. The molecule has 2 unspecified atom stereocenters. The molecule has 0 aliphatic carbocycles. The lowest BCUT2D eigenvalue weighted by Gasteiger charge is -2.19. The van der Waals surface area contributed by atoms with Crippen molar-refractivity contribution in [2.45, 2.75) is 32.9 Å². The first-order valence-electron chi connectivity index (χ1n) is 6.59. The van der Waals surface area contributed by atoms with Crippen molar-refractivity contribution < 1.29 is 4.74 Å². The molecule has 19 heavy (non-hydrogen) atoms. The molecule has 3 nitrogen and oxygen atoms in total. The third-order valence-corrected chi connectivity index (χ3v) is 3.97. The van der Waals surface area contributed by atoms with Crippen LogP contribution in [0.5, 0.6) is 5.75 Å². The summed E-state index contributed by atoms with van der Waals surface area (Å²) in [5.74, 6) is 0.923. The number of ether oxygens (including phenoxy) is 1. The molecule has 2 aromatic rings. The number of hydrogen-bond acceptors (Lipinski definition) is 4. The molecule has 0 aliphatic heterocycles. The van der Waals surface area contributed by atoms with Crippen molar-refractivity contribution in [3.63, 3.8) is 0 Å². The molecule has 2 rings (SSSR count). The Balaban J connectivity index is 1.97. The number of hydrogen-bond donors (Lipinski definition) is 1. The van der Waals surface area contributed by atoms with Crippen molar-refractivity contribution in [3.8, 4) is 5.75 Å². The van der Waals surface area contributed by atoms with Gasteiger partial charge in [-0.15, -0.1) is 11.3 Å². The number of rotatable bonds is 6. The maximum atomic E-state index is 5.45. The topological polar surface area (TPSA) is 34.1 Å². The molecule has 0 radical (unpaired) electrons. The van der Waals surface area contributed by atoms with E-state index in [9.17, 15) is 0 Å². The van der Waals surface area contributed by atoms with Crippen LogP contribution >= 0.6 is 11.3 Å². The maximum absolute atomic E-state index is 5.45. The van der Waals surface area contributed by atoms with Crippen molar-refractivity contribution in [2.24, 2.45) is 0 Å². The SMILES string of the molecule is CCOc1ccc(C(C)NC(C)c2nccs2)cc1. The zero-order valence-corrected chi connectivity index (χ0v) is 12.4. The third kappa shape index (κ3) is 3.78. The standard InChI is InChI=1S/C15H20N2OS/c1-4-18-14-7-5-13(6-8-14)11(2)17-12(3)15-16-9-10-19-15/h5-12,17H,4H2,1-3H3. The van der Waals surface area contributed by atoms with Crippen molar-refractivity contribution in [2.75, 3.05) is 6.61 Å². The summed E-state index contributed by atoms with van der Waals surface area (Å²) in [4.78, 5) is 4.34. The summed E-state index contributed by atoms with van der Waals surface area (Å²) in [5, 5.41) is 6.69. The highest BCUT2D eigenvalue weighted by atomic mass is 32.1. The highest BCUT2D eigenvalue weighted by molar-refractivity contribution is 7.09. The van der Waals surface area contributed by atoms with E-state index in [2.05, 4.69) is 36.3 Å². The second-order valence-electron chi connectivity index (χ2n) is 4.48. The van der Waals surface area contributed by atoms with Crippen LogP contribution in [0.2, 0.25) is 0 Å². The number of benzene rings is 1. The first-order valence-corrected chi connectivity index (χ1v) is 7.47. The van der Waals surface area contributed by atoms with E-state index >= 15 is 0 Å². The Kier molecular flexibility index (Phi) is 4.93. The van der Waals surface area contributed by atoms with E-state index in [1.807, 2.05) is 30.6 Å². The molecular formula is C15H20N2OS. The highest BCUT2D eigenvalue weighted by Gasteiger charge is 2.12. The number of nitrogens with one attached hydrogen (secondary N) is 1. The van der Waals surface area contributed by atoms with Gasteiger partial charge in [0, 0.05) is 17.6 Å². The summed E-state index contributed by atoms with van der Waals surface area (Å²) in [6.45, 7) is 7.01. The Morgan fingerprint density at radius 3 is 2.53 bits per heavy atom. The van der Waals surface area contributed by atoms with Crippen molar-refractivity contribution in [1.29, 1.82) is 0 Å². The minimum atomic E-state index is 0.265. The van der Waals surface area contributed by atoms with Gasteiger partial charge in [-0.2, -0.15) is 0 Å². The lowest BCUT2D eigenvalue weighted by molar-refractivity contribution is 0.340. The summed E-state index contributed by atoms with van der Waals surface area (Å²) < 4.78 is 5.45. The van der Waals surface area contributed by atoms with Crippen LogP contribution in [0.3, 0.4) is 0 Å². The molecule has 2 atom stereocenters. The quantitative estimate of drug-likeness (QED) is 0.867. The number of aromatic nitrogens is 1. The number of nitrogens with zero attached hydrogens (tertiary/aromatic N) is 1. The van der Waals surface area contributed by atoms with Gasteiger partial charge in [-0.1, -0.05) is 12.1 Å². The average Bonchev–Trinajstić information content (AvgIpc) is 2.94. The minimum absolute atomic E-state index is 0.265. The van der Waals surface area contributed by atoms with E-state index in [4.69, 9.17) is 4.74 Å². The summed E-state index contributed by atoms with van der Waals surface area (Å²) in [5.41, 5.74) is 1.26. The van der Waals surface area contributed by atoms with Crippen LogP contribution in [0, 0.1) is 0 Å². The summed E-state index contributed by atoms with van der Waals surface area (Å²) in [6.07, 6.45) is 1.85. The molecule has 0 spiro atoms. The van der Waals surface area contributed by atoms with Crippen LogP contribution < -0.4 is 10.1 Å². The molecule has 1 heterocycles. The Hall–Kier alpha value is -1.39. The summed E-state index contributed by atoms with van der Waals surface area (Å²) >= 11 is 1.68. The van der Waals surface area contributed by atoms with Gasteiger partial charge >= 0.3 is 0 Å². The van der Waals surface area contributed by atoms with Gasteiger partial charge in [0.1, 0.15) is 10.8 Å². The highest BCUT2D eigenvalue weighted by Crippen LogP contribution is 2.22. The zero-order chi connectivity index (χ0) is 13.7. The fourth-order valence-corrected chi connectivity index (χ4v) is 2.67. The van der Waals surface area contributed by atoms with Crippen LogP contribution in [0.25, 0.3) is 0 Å². The van der Waals surface area contributed by atoms with Crippen LogP contribution in [-0.2, 0) is 0 Å². The molecular weight excluding hydrogens is 256 g/mol. The Bertz CT molecular complexity index is 481. The van der Waals surface area contributed by atoms with Crippen LogP contribution in [0.1, 0.15) is 43.4 Å². The molecule has 1 N–H and O–H groups in total. The van der Waals surface area contributed by atoms with Crippen molar-refractivity contribution in [3.05, 3.63) is 46.4 Å². The van der Waals surface area contributed by atoms with Crippen LogP contribution in [0.15, 0.2) is 35.8 Å². The van der Waals surface area contributed by atoms with E-state index in [0.29, 0.717) is 6.61 Å². The van der Waals surface area contributed by atoms with E-state index in [0.717, 1.165) is 10.8 Å². The fourth-order valence-electron chi connectivity index (χ4n) is 2.01. The Labute approximate surface area is 118 Å². The maximum Gasteiger partial charge on any atom is 0.119 e. The van der Waals surface area contributed by atoms with E-state index in [-0.39, 0.29) is 12.1 Å². The molecule has 102 valence electrons. The molecule has 0 saturated carbocycles. The molecule has 0 aliphatic rings. The second-order valence-corrected chi connectivity index (χ2v) is 5.41.